The number of para-hydroxylation sites is 1. The second kappa shape index (κ2) is 10.7. The van der Waals surface area contributed by atoms with E-state index in [1.165, 1.54) is 35.3 Å². The van der Waals surface area contributed by atoms with Crippen LogP contribution in [0.1, 0.15) is 22.6 Å². The fraction of sp³-hybridized carbons (Fsp3) is 0.370. The largest absolute Gasteiger partial charge is 0.416 e. The number of alkyl halides is 3. The highest BCUT2D eigenvalue weighted by molar-refractivity contribution is 6.30. The lowest BCUT2D eigenvalue weighted by Crippen LogP contribution is -2.47. The number of aromatic nitrogens is 6. The van der Waals surface area contributed by atoms with Crippen LogP contribution in [0.2, 0.25) is 5.02 Å². The first-order valence-electron chi connectivity index (χ1n) is 13.2. The van der Waals surface area contributed by atoms with Crippen molar-refractivity contribution in [2.24, 2.45) is 0 Å². The van der Waals surface area contributed by atoms with Crippen LogP contribution in [0.5, 0.6) is 0 Å². The Kier molecular flexibility index (Phi) is 7.15. The van der Waals surface area contributed by atoms with Gasteiger partial charge in [0.25, 0.3) is 5.91 Å². The number of carbonyl (C=O) groups excluding carboxylic acids is 1. The van der Waals surface area contributed by atoms with E-state index in [9.17, 15) is 27.9 Å². The average molecular weight is 603 g/mol. The van der Waals surface area contributed by atoms with Crippen molar-refractivity contribution in [3.63, 3.8) is 0 Å². The van der Waals surface area contributed by atoms with Crippen LogP contribution in [0.15, 0.2) is 59.7 Å². The number of amides is 1. The number of carbonyl (C=O) groups is 1. The van der Waals surface area contributed by atoms with E-state index in [2.05, 4.69) is 27.1 Å². The Morgan fingerprint density at radius 2 is 1.83 bits per heavy atom. The lowest BCUT2D eigenvalue weighted by atomic mass is 10.1. The highest BCUT2D eigenvalue weighted by Gasteiger charge is 2.44. The Morgan fingerprint density at radius 1 is 1.10 bits per heavy atom. The molecule has 42 heavy (non-hydrogen) atoms. The summed E-state index contributed by atoms with van der Waals surface area (Å²) in [5, 5.41) is 18.8. The number of benzene rings is 2. The van der Waals surface area contributed by atoms with Gasteiger partial charge < -0.3 is 10.0 Å². The standard InChI is InChI=1S/C27H26ClF3N8O3/c1-35-11-19-10-18(35)12-36(19)25(41)20-4-2-3-5-21(20)39-15-32-23(33-39)14-38-26(42)37(13-22(40)27(29,30)31)24(34-38)16-6-8-17(28)9-7-16/h2-9,15,18-19,22,40H,10-14H2,1H3. The van der Waals surface area contributed by atoms with E-state index < -0.39 is 24.5 Å². The van der Waals surface area contributed by atoms with Gasteiger partial charge in [0, 0.05) is 35.8 Å². The summed E-state index contributed by atoms with van der Waals surface area (Å²) in [5.74, 6) is -0.0418. The first kappa shape index (κ1) is 28.1. The molecular formula is C27H26ClF3N8O3. The number of piperazine rings is 1. The average Bonchev–Trinajstić information content (AvgIpc) is 3.74. The summed E-state index contributed by atoms with van der Waals surface area (Å²) in [6, 6.07) is 13.6. The fourth-order valence-electron chi connectivity index (χ4n) is 5.54. The second-order valence-corrected chi connectivity index (χ2v) is 10.9. The predicted molar refractivity (Wildman–Crippen MR) is 145 cm³/mol. The number of fused-ring (bicyclic) bond motifs is 2. The van der Waals surface area contributed by atoms with Crippen LogP contribution in [0, 0.1) is 0 Å². The zero-order chi connectivity index (χ0) is 29.8. The number of likely N-dealkylation sites (tertiary alicyclic amines) is 2. The maximum absolute atomic E-state index is 13.5. The fourth-order valence-corrected chi connectivity index (χ4v) is 5.67. The van der Waals surface area contributed by atoms with Crippen molar-refractivity contribution in [1.29, 1.82) is 0 Å². The summed E-state index contributed by atoms with van der Waals surface area (Å²) in [7, 11) is 2.06. The van der Waals surface area contributed by atoms with Gasteiger partial charge in [-0.25, -0.2) is 19.1 Å². The molecule has 2 aromatic carbocycles. The van der Waals surface area contributed by atoms with Crippen molar-refractivity contribution in [3.05, 3.63) is 81.8 Å². The number of aliphatic hydroxyl groups excluding tert-OH is 1. The van der Waals surface area contributed by atoms with E-state index in [0.29, 0.717) is 34.4 Å². The highest BCUT2D eigenvalue weighted by Crippen LogP contribution is 2.31. The van der Waals surface area contributed by atoms with Crippen LogP contribution in [0.4, 0.5) is 13.2 Å². The molecule has 0 radical (unpaired) electrons. The van der Waals surface area contributed by atoms with Gasteiger partial charge in [0.05, 0.1) is 17.8 Å². The number of rotatable bonds is 7. The molecule has 3 atom stereocenters. The van der Waals surface area contributed by atoms with Crippen molar-refractivity contribution in [2.45, 2.75) is 43.9 Å². The van der Waals surface area contributed by atoms with E-state index in [4.69, 9.17) is 11.6 Å². The van der Waals surface area contributed by atoms with E-state index in [0.717, 1.165) is 22.2 Å². The van der Waals surface area contributed by atoms with Gasteiger partial charge in [0.2, 0.25) is 0 Å². The number of nitrogens with zero attached hydrogens (tertiary/aromatic N) is 8. The molecule has 220 valence electrons. The van der Waals surface area contributed by atoms with Gasteiger partial charge in [-0.15, -0.1) is 10.2 Å². The third-order valence-electron chi connectivity index (χ3n) is 7.75. The Balaban J connectivity index is 1.29. The van der Waals surface area contributed by atoms with Crippen molar-refractivity contribution in [1.82, 2.24) is 38.9 Å². The molecule has 2 aromatic heterocycles. The summed E-state index contributed by atoms with van der Waals surface area (Å²) in [4.78, 5) is 35.1. The maximum Gasteiger partial charge on any atom is 0.416 e. The molecule has 2 bridgehead atoms. The molecule has 11 nitrogen and oxygen atoms in total. The zero-order valence-corrected chi connectivity index (χ0v) is 23.1. The van der Waals surface area contributed by atoms with Crippen molar-refractivity contribution in [3.8, 4) is 17.1 Å². The van der Waals surface area contributed by atoms with Crippen LogP contribution in [0.25, 0.3) is 17.1 Å². The Labute approximate surface area is 242 Å². The minimum absolute atomic E-state index is 0.0825. The first-order chi connectivity index (χ1) is 20.0. The summed E-state index contributed by atoms with van der Waals surface area (Å²) < 4.78 is 42.6. The lowest BCUT2D eigenvalue weighted by molar-refractivity contribution is -0.207. The third-order valence-corrected chi connectivity index (χ3v) is 8.00. The first-order valence-corrected chi connectivity index (χ1v) is 13.6. The third kappa shape index (κ3) is 5.21. The van der Waals surface area contributed by atoms with Crippen LogP contribution < -0.4 is 5.69 Å². The molecule has 15 heteroatoms. The number of likely N-dealkylation sites (N-methyl/N-ethyl adjacent to an activating group) is 1. The van der Waals surface area contributed by atoms with Gasteiger partial charge >= 0.3 is 11.9 Å². The molecule has 4 aromatic rings. The Bertz CT molecular complexity index is 1680. The van der Waals surface area contributed by atoms with E-state index in [-0.39, 0.29) is 30.1 Å². The van der Waals surface area contributed by atoms with E-state index >= 15 is 0 Å². The second-order valence-electron chi connectivity index (χ2n) is 10.5. The minimum atomic E-state index is -4.94. The summed E-state index contributed by atoms with van der Waals surface area (Å²) in [6.45, 7) is 0.165. The predicted octanol–water partition coefficient (Wildman–Crippen LogP) is 2.45. The summed E-state index contributed by atoms with van der Waals surface area (Å²) in [6.07, 6.45) is -5.37. The normalized spacial score (nSPS) is 19.5. The molecule has 0 spiro atoms. The molecule has 0 saturated carbocycles. The van der Waals surface area contributed by atoms with Crippen LogP contribution in [0.3, 0.4) is 0 Å². The molecular weight excluding hydrogens is 577 g/mol. The van der Waals surface area contributed by atoms with Gasteiger partial charge in [-0.05, 0) is 49.9 Å². The summed E-state index contributed by atoms with van der Waals surface area (Å²) in [5.41, 5.74) is 0.406. The van der Waals surface area contributed by atoms with E-state index in [1.54, 1.807) is 24.3 Å². The molecule has 6 rings (SSSR count). The number of hydrogen-bond donors (Lipinski definition) is 1. The van der Waals surface area contributed by atoms with Gasteiger partial charge in [-0.2, -0.15) is 13.2 Å². The zero-order valence-electron chi connectivity index (χ0n) is 22.3. The van der Waals surface area contributed by atoms with Crippen LogP contribution >= 0.6 is 11.6 Å². The number of halogens is 4. The van der Waals surface area contributed by atoms with Crippen molar-refractivity contribution >= 4 is 17.5 Å². The molecule has 1 amide bonds. The molecule has 4 heterocycles. The quantitative estimate of drug-likeness (QED) is 0.346. The molecule has 2 aliphatic rings. The molecule has 0 aliphatic carbocycles. The smallest absolute Gasteiger partial charge is 0.382 e. The van der Waals surface area contributed by atoms with Gasteiger partial charge in [-0.3, -0.25) is 14.3 Å². The Hall–Kier alpha value is -4.01. The molecule has 2 aliphatic heterocycles. The number of hydrogen-bond acceptors (Lipinski definition) is 7. The van der Waals surface area contributed by atoms with Crippen LogP contribution in [-0.2, 0) is 13.1 Å². The summed E-state index contributed by atoms with van der Waals surface area (Å²) >= 11 is 5.94. The molecule has 1 N–H and O–H groups in total. The SMILES string of the molecule is CN1CC2CC1CN2C(=O)c1ccccc1-n1cnc(Cn2nc(-c3ccc(Cl)cc3)n(CC(O)C(F)(F)F)c2=O)n1. The lowest BCUT2D eigenvalue weighted by Gasteiger charge is -2.32. The molecule has 2 saturated heterocycles. The molecule has 3 unspecified atom stereocenters. The topological polar surface area (TPSA) is 114 Å². The highest BCUT2D eigenvalue weighted by atomic mass is 35.5. The van der Waals surface area contributed by atoms with Gasteiger partial charge in [0.15, 0.2) is 17.8 Å². The van der Waals surface area contributed by atoms with Gasteiger partial charge in [-0.1, -0.05) is 23.7 Å². The molecule has 2 fully saturated rings. The van der Waals surface area contributed by atoms with E-state index in [1.807, 2.05) is 4.90 Å². The van der Waals surface area contributed by atoms with Gasteiger partial charge in [0.1, 0.15) is 12.9 Å². The Morgan fingerprint density at radius 3 is 2.50 bits per heavy atom. The van der Waals surface area contributed by atoms with Crippen molar-refractivity contribution < 1.29 is 23.1 Å². The minimum Gasteiger partial charge on any atom is -0.382 e. The monoisotopic (exact) mass is 602 g/mol. The number of aliphatic hydroxyl groups is 1. The van der Waals surface area contributed by atoms with Crippen LogP contribution in [-0.4, -0.2) is 94.4 Å². The maximum atomic E-state index is 13.5. The van der Waals surface area contributed by atoms with Crippen molar-refractivity contribution in [2.75, 3.05) is 20.1 Å².